The second-order valence-electron chi connectivity index (χ2n) is 4.86. The lowest BCUT2D eigenvalue weighted by atomic mass is 10.1. The maximum Gasteiger partial charge on any atom is 0.147 e. The van der Waals surface area contributed by atoms with E-state index in [1.807, 2.05) is 0 Å². The number of benzene rings is 1. The van der Waals surface area contributed by atoms with Gasteiger partial charge in [-0.1, -0.05) is 0 Å². The van der Waals surface area contributed by atoms with Gasteiger partial charge in [0.05, 0.1) is 43.7 Å². The van der Waals surface area contributed by atoms with Crippen molar-refractivity contribution in [1.29, 1.82) is 0 Å². The molecule has 0 aliphatic heterocycles. The lowest BCUT2D eigenvalue weighted by Gasteiger charge is -2.24. The van der Waals surface area contributed by atoms with Crippen LogP contribution in [0.4, 0.5) is 0 Å². The number of nitrogens with zero attached hydrogens (tertiary/aromatic N) is 1. The number of rotatable bonds is 4. The normalized spacial score (nSPS) is 11.6. The zero-order valence-electron chi connectivity index (χ0n) is 10.2. The molecule has 0 spiro atoms. The van der Waals surface area contributed by atoms with Crippen molar-refractivity contribution in [2.75, 3.05) is 34.8 Å². The molecular weight excluding hydrogens is 334 g/mol. The quantitative estimate of drug-likeness (QED) is 0.755. The first-order valence-corrected chi connectivity index (χ1v) is 6.74. The number of methoxy groups -OCH3 is 1. The molecule has 4 heteroatoms. The van der Waals surface area contributed by atoms with Crippen LogP contribution in [0.1, 0.15) is 5.56 Å². The fourth-order valence-corrected chi connectivity index (χ4v) is 3.02. The molecule has 0 heterocycles. The molecule has 90 valence electrons. The second kappa shape index (κ2) is 5.52. The summed E-state index contributed by atoms with van der Waals surface area (Å²) in [7, 11) is 8.28. The van der Waals surface area contributed by atoms with Crippen LogP contribution in [-0.4, -0.2) is 39.3 Å². The topological polar surface area (TPSA) is 9.23 Å². The molecule has 0 atom stereocenters. The molecule has 0 saturated carbocycles. The van der Waals surface area contributed by atoms with Gasteiger partial charge < -0.3 is 9.22 Å². The zero-order valence-corrected chi connectivity index (χ0v) is 13.4. The average molecular weight is 352 g/mol. The number of likely N-dealkylation sites (N-methyl/N-ethyl adjacent to an activating group) is 1. The minimum absolute atomic E-state index is 0.856. The molecule has 2 nitrogen and oxygen atoms in total. The van der Waals surface area contributed by atoms with Crippen LogP contribution in [0.25, 0.3) is 0 Å². The van der Waals surface area contributed by atoms with E-state index in [-0.39, 0.29) is 0 Å². The van der Waals surface area contributed by atoms with E-state index in [9.17, 15) is 0 Å². The van der Waals surface area contributed by atoms with Gasteiger partial charge in [0.15, 0.2) is 0 Å². The monoisotopic (exact) mass is 350 g/mol. The third-order valence-electron chi connectivity index (χ3n) is 2.33. The molecule has 0 aliphatic rings. The van der Waals surface area contributed by atoms with Gasteiger partial charge in [0.1, 0.15) is 5.75 Å². The van der Waals surface area contributed by atoms with Crippen LogP contribution in [0.5, 0.6) is 5.75 Å². The Balaban J connectivity index is 2.84. The van der Waals surface area contributed by atoms with E-state index in [4.69, 9.17) is 4.74 Å². The number of hydrogen-bond donors (Lipinski definition) is 0. The second-order valence-corrected chi connectivity index (χ2v) is 6.57. The zero-order chi connectivity index (χ0) is 12.3. The molecule has 16 heavy (non-hydrogen) atoms. The molecule has 0 saturated heterocycles. The van der Waals surface area contributed by atoms with Gasteiger partial charge in [-0.15, -0.1) is 0 Å². The van der Waals surface area contributed by atoms with Gasteiger partial charge in [-0.05, 0) is 49.6 Å². The van der Waals surface area contributed by atoms with Crippen molar-refractivity contribution in [3.63, 3.8) is 0 Å². The summed E-state index contributed by atoms with van der Waals surface area (Å²) in [5, 5.41) is 0. The van der Waals surface area contributed by atoms with E-state index >= 15 is 0 Å². The minimum Gasteiger partial charge on any atom is -0.494 e. The van der Waals surface area contributed by atoms with Crippen molar-refractivity contribution < 1.29 is 9.22 Å². The predicted octanol–water partition coefficient (Wildman–Crippen LogP) is 3.47. The number of halogens is 2. The molecule has 0 bridgehead atoms. The van der Waals surface area contributed by atoms with Crippen molar-refractivity contribution in [1.82, 2.24) is 0 Å². The van der Waals surface area contributed by atoms with Crippen LogP contribution in [0.2, 0.25) is 0 Å². The minimum atomic E-state index is 0.856. The van der Waals surface area contributed by atoms with Crippen molar-refractivity contribution >= 4 is 31.9 Å². The lowest BCUT2D eigenvalue weighted by Crippen LogP contribution is -2.36. The van der Waals surface area contributed by atoms with Gasteiger partial charge >= 0.3 is 0 Å². The number of ether oxygens (including phenoxy) is 1. The van der Waals surface area contributed by atoms with Crippen molar-refractivity contribution in [2.45, 2.75) is 6.42 Å². The van der Waals surface area contributed by atoms with Crippen LogP contribution in [0.3, 0.4) is 0 Å². The first-order valence-electron chi connectivity index (χ1n) is 5.16. The highest BCUT2D eigenvalue weighted by Crippen LogP contribution is 2.34. The molecule has 0 unspecified atom stereocenters. The highest BCUT2D eigenvalue weighted by Gasteiger charge is 2.11. The predicted molar refractivity (Wildman–Crippen MR) is 75.0 cm³/mol. The van der Waals surface area contributed by atoms with Crippen molar-refractivity contribution in [3.8, 4) is 5.75 Å². The molecular formula is C12H18Br2NO+. The largest absolute Gasteiger partial charge is 0.494 e. The summed E-state index contributed by atoms with van der Waals surface area (Å²) in [6, 6.07) is 4.25. The van der Waals surface area contributed by atoms with E-state index in [1.165, 1.54) is 5.56 Å². The lowest BCUT2D eigenvalue weighted by molar-refractivity contribution is -0.870. The van der Waals surface area contributed by atoms with E-state index in [0.717, 1.165) is 32.1 Å². The number of hydrogen-bond acceptors (Lipinski definition) is 1. The Morgan fingerprint density at radius 2 is 1.62 bits per heavy atom. The Morgan fingerprint density at radius 3 is 2.00 bits per heavy atom. The smallest absolute Gasteiger partial charge is 0.147 e. The number of quaternary nitrogens is 1. The SMILES string of the molecule is COc1c(Br)cc(CC[N+](C)(C)C)cc1Br. The molecule has 0 aliphatic carbocycles. The molecule has 0 radical (unpaired) electrons. The van der Waals surface area contributed by atoms with E-state index in [2.05, 4.69) is 65.1 Å². The molecule has 0 fully saturated rings. The fraction of sp³-hybridized carbons (Fsp3) is 0.500. The summed E-state index contributed by atoms with van der Waals surface area (Å²) in [6.45, 7) is 1.12. The molecule has 1 aromatic carbocycles. The van der Waals surface area contributed by atoms with E-state index in [1.54, 1.807) is 7.11 Å². The molecule has 1 aromatic rings. The maximum absolute atomic E-state index is 5.28. The Kier molecular flexibility index (Phi) is 4.83. The van der Waals surface area contributed by atoms with Crippen LogP contribution < -0.4 is 4.74 Å². The molecule has 0 N–H and O–H groups in total. The summed E-state index contributed by atoms with van der Waals surface area (Å²) >= 11 is 7.04. The third-order valence-corrected chi connectivity index (χ3v) is 3.51. The van der Waals surface area contributed by atoms with Gasteiger partial charge in [0.25, 0.3) is 0 Å². The molecule has 0 aromatic heterocycles. The van der Waals surface area contributed by atoms with E-state index < -0.39 is 0 Å². The first kappa shape index (κ1) is 14.0. The van der Waals surface area contributed by atoms with E-state index in [0.29, 0.717) is 0 Å². The third kappa shape index (κ3) is 4.07. The van der Waals surface area contributed by atoms with Gasteiger partial charge in [-0.25, -0.2) is 0 Å². The average Bonchev–Trinajstić information content (AvgIpc) is 2.13. The fourth-order valence-electron chi connectivity index (χ4n) is 1.42. The van der Waals surface area contributed by atoms with Gasteiger partial charge in [-0.2, -0.15) is 0 Å². The first-order chi connectivity index (χ1) is 7.33. The summed E-state index contributed by atoms with van der Waals surface area (Å²) in [6.07, 6.45) is 1.06. The highest BCUT2D eigenvalue weighted by molar-refractivity contribution is 9.11. The van der Waals surface area contributed by atoms with Crippen molar-refractivity contribution in [3.05, 3.63) is 26.6 Å². The molecule has 1 rings (SSSR count). The highest BCUT2D eigenvalue weighted by atomic mass is 79.9. The standard InChI is InChI=1S/C12H18Br2NO/c1-15(2,3)6-5-9-7-10(13)12(16-4)11(14)8-9/h7-8H,5-6H2,1-4H3/q+1. The van der Waals surface area contributed by atoms with Gasteiger partial charge in [-0.3, -0.25) is 0 Å². The van der Waals surface area contributed by atoms with Crippen LogP contribution >= 0.6 is 31.9 Å². The summed E-state index contributed by atoms with van der Waals surface area (Å²) in [5.41, 5.74) is 1.31. The Labute approximate surface area is 114 Å². The maximum atomic E-state index is 5.28. The Morgan fingerprint density at radius 1 is 1.12 bits per heavy atom. The summed E-state index contributed by atoms with van der Waals surface area (Å²) in [4.78, 5) is 0. The Hall–Kier alpha value is -0.0600. The van der Waals surface area contributed by atoms with Crippen LogP contribution in [0.15, 0.2) is 21.1 Å². The Bertz CT molecular complexity index is 349. The van der Waals surface area contributed by atoms with Crippen LogP contribution in [-0.2, 0) is 6.42 Å². The van der Waals surface area contributed by atoms with Gasteiger partial charge in [0, 0.05) is 6.42 Å². The molecule has 0 amide bonds. The van der Waals surface area contributed by atoms with Crippen molar-refractivity contribution in [2.24, 2.45) is 0 Å². The van der Waals surface area contributed by atoms with Crippen LogP contribution in [0, 0.1) is 0 Å². The summed E-state index contributed by atoms with van der Waals surface area (Å²) in [5.74, 6) is 0.856. The summed E-state index contributed by atoms with van der Waals surface area (Å²) < 4.78 is 8.25. The van der Waals surface area contributed by atoms with Gasteiger partial charge in [0.2, 0.25) is 0 Å².